The standard InChI is InChI=1S/C12H15BrO/c1-2-12(14)6-5-9-7-11(13)4-3-10(9)8-12/h3-4,7,14H,2,5-6,8H2,1H3. The van der Waals surface area contributed by atoms with E-state index in [0.717, 1.165) is 30.2 Å². The molecular formula is C12H15BrO. The quantitative estimate of drug-likeness (QED) is 0.817. The second kappa shape index (κ2) is 3.67. The maximum atomic E-state index is 10.2. The molecule has 0 fully saturated rings. The van der Waals surface area contributed by atoms with Crippen LogP contribution in [0.4, 0.5) is 0 Å². The summed E-state index contributed by atoms with van der Waals surface area (Å²) in [6, 6.07) is 6.35. The Kier molecular flexibility index (Phi) is 2.67. The molecule has 0 saturated carbocycles. The van der Waals surface area contributed by atoms with E-state index in [0.29, 0.717) is 0 Å². The summed E-state index contributed by atoms with van der Waals surface area (Å²) in [5.41, 5.74) is 2.24. The monoisotopic (exact) mass is 254 g/mol. The Labute approximate surface area is 93.3 Å². The first-order valence-electron chi connectivity index (χ1n) is 5.13. The van der Waals surface area contributed by atoms with Gasteiger partial charge in [0.25, 0.3) is 0 Å². The molecule has 1 nitrogen and oxygen atoms in total. The fourth-order valence-corrected chi connectivity index (χ4v) is 2.52. The highest BCUT2D eigenvalue weighted by Crippen LogP contribution is 2.32. The number of fused-ring (bicyclic) bond motifs is 1. The van der Waals surface area contributed by atoms with Gasteiger partial charge in [-0.25, -0.2) is 0 Å². The molecule has 14 heavy (non-hydrogen) atoms. The zero-order valence-electron chi connectivity index (χ0n) is 8.39. The molecule has 76 valence electrons. The first kappa shape index (κ1) is 10.2. The fraction of sp³-hybridized carbons (Fsp3) is 0.500. The average Bonchev–Trinajstić information content (AvgIpc) is 2.19. The Bertz CT molecular complexity index is 348. The van der Waals surface area contributed by atoms with Gasteiger partial charge in [0.15, 0.2) is 0 Å². The fourth-order valence-electron chi connectivity index (χ4n) is 2.11. The second-order valence-electron chi connectivity index (χ2n) is 4.17. The number of hydrogen-bond acceptors (Lipinski definition) is 1. The van der Waals surface area contributed by atoms with E-state index in [-0.39, 0.29) is 0 Å². The molecule has 0 aromatic heterocycles. The smallest absolute Gasteiger partial charge is 0.0688 e. The van der Waals surface area contributed by atoms with Crippen molar-refractivity contribution in [3.63, 3.8) is 0 Å². The number of rotatable bonds is 1. The van der Waals surface area contributed by atoms with Crippen LogP contribution in [0, 0.1) is 0 Å². The number of hydrogen-bond donors (Lipinski definition) is 1. The highest BCUT2D eigenvalue weighted by Gasteiger charge is 2.29. The zero-order valence-corrected chi connectivity index (χ0v) is 9.97. The van der Waals surface area contributed by atoms with Crippen LogP contribution in [0.1, 0.15) is 30.9 Å². The summed E-state index contributed by atoms with van der Waals surface area (Å²) >= 11 is 3.47. The van der Waals surface area contributed by atoms with Crippen LogP contribution in [0.3, 0.4) is 0 Å². The molecule has 2 heteroatoms. The number of aryl methyl sites for hydroxylation is 1. The largest absolute Gasteiger partial charge is 0.390 e. The molecule has 0 bridgehead atoms. The molecule has 1 atom stereocenters. The Morgan fingerprint density at radius 2 is 2.21 bits per heavy atom. The van der Waals surface area contributed by atoms with Crippen molar-refractivity contribution in [3.8, 4) is 0 Å². The van der Waals surface area contributed by atoms with E-state index >= 15 is 0 Å². The van der Waals surface area contributed by atoms with E-state index in [2.05, 4.69) is 41.1 Å². The minimum atomic E-state index is -0.458. The van der Waals surface area contributed by atoms with Gasteiger partial charge in [-0.05, 0) is 42.5 Å². The highest BCUT2D eigenvalue weighted by molar-refractivity contribution is 9.10. The minimum Gasteiger partial charge on any atom is -0.390 e. The lowest BCUT2D eigenvalue weighted by Crippen LogP contribution is -2.34. The lowest BCUT2D eigenvalue weighted by molar-refractivity contribution is 0.0226. The summed E-state index contributed by atoms with van der Waals surface area (Å²) in [6.45, 7) is 2.06. The third kappa shape index (κ3) is 1.86. The minimum absolute atomic E-state index is 0.458. The van der Waals surface area contributed by atoms with Crippen molar-refractivity contribution in [2.24, 2.45) is 0 Å². The van der Waals surface area contributed by atoms with Crippen LogP contribution in [0.15, 0.2) is 22.7 Å². The lowest BCUT2D eigenvalue weighted by atomic mass is 9.79. The van der Waals surface area contributed by atoms with Crippen molar-refractivity contribution in [1.82, 2.24) is 0 Å². The highest BCUT2D eigenvalue weighted by atomic mass is 79.9. The number of aliphatic hydroxyl groups is 1. The van der Waals surface area contributed by atoms with Gasteiger partial charge in [-0.3, -0.25) is 0 Å². The van der Waals surface area contributed by atoms with Gasteiger partial charge in [0.1, 0.15) is 0 Å². The Hall–Kier alpha value is -0.340. The maximum Gasteiger partial charge on any atom is 0.0688 e. The Morgan fingerprint density at radius 1 is 1.43 bits per heavy atom. The summed E-state index contributed by atoms with van der Waals surface area (Å²) in [5.74, 6) is 0. The summed E-state index contributed by atoms with van der Waals surface area (Å²) in [7, 11) is 0. The van der Waals surface area contributed by atoms with Crippen LogP contribution in [0.25, 0.3) is 0 Å². The molecule has 0 heterocycles. The first-order valence-corrected chi connectivity index (χ1v) is 5.92. The molecule has 1 aliphatic rings. The van der Waals surface area contributed by atoms with Crippen molar-refractivity contribution in [2.75, 3.05) is 0 Å². The summed E-state index contributed by atoms with van der Waals surface area (Å²) in [5, 5.41) is 10.2. The topological polar surface area (TPSA) is 20.2 Å². The van der Waals surface area contributed by atoms with Crippen LogP contribution >= 0.6 is 15.9 Å². The SMILES string of the molecule is CCC1(O)CCc2cc(Br)ccc2C1. The molecule has 2 rings (SSSR count). The third-order valence-electron chi connectivity index (χ3n) is 3.21. The van der Waals surface area contributed by atoms with Gasteiger partial charge in [-0.15, -0.1) is 0 Å². The lowest BCUT2D eigenvalue weighted by Gasteiger charge is -2.32. The maximum absolute atomic E-state index is 10.2. The van der Waals surface area contributed by atoms with E-state index in [1.54, 1.807) is 0 Å². The van der Waals surface area contributed by atoms with Gasteiger partial charge in [0.05, 0.1) is 5.60 Å². The van der Waals surface area contributed by atoms with E-state index in [1.165, 1.54) is 11.1 Å². The van der Waals surface area contributed by atoms with Crippen LogP contribution in [-0.2, 0) is 12.8 Å². The van der Waals surface area contributed by atoms with Crippen molar-refractivity contribution in [2.45, 2.75) is 38.2 Å². The van der Waals surface area contributed by atoms with E-state index in [9.17, 15) is 5.11 Å². The predicted octanol–water partition coefficient (Wildman–Crippen LogP) is 3.08. The number of halogens is 1. The Morgan fingerprint density at radius 3 is 2.93 bits per heavy atom. The van der Waals surface area contributed by atoms with Crippen LogP contribution in [0.5, 0.6) is 0 Å². The molecule has 1 N–H and O–H groups in total. The van der Waals surface area contributed by atoms with Crippen LogP contribution < -0.4 is 0 Å². The second-order valence-corrected chi connectivity index (χ2v) is 5.08. The Balaban J connectivity index is 2.31. The summed E-state index contributed by atoms with van der Waals surface area (Å²) < 4.78 is 1.14. The summed E-state index contributed by atoms with van der Waals surface area (Å²) in [6.07, 6.45) is 3.56. The van der Waals surface area contributed by atoms with Gasteiger partial charge in [-0.2, -0.15) is 0 Å². The molecule has 0 saturated heterocycles. The van der Waals surface area contributed by atoms with Crippen molar-refractivity contribution < 1.29 is 5.11 Å². The molecule has 0 aliphatic heterocycles. The number of benzene rings is 1. The van der Waals surface area contributed by atoms with Gasteiger partial charge >= 0.3 is 0 Å². The molecule has 0 amide bonds. The third-order valence-corrected chi connectivity index (χ3v) is 3.70. The van der Waals surface area contributed by atoms with Crippen LogP contribution in [-0.4, -0.2) is 10.7 Å². The zero-order chi connectivity index (χ0) is 10.2. The molecular weight excluding hydrogens is 240 g/mol. The van der Waals surface area contributed by atoms with E-state index < -0.39 is 5.60 Å². The molecule has 1 aromatic rings. The van der Waals surface area contributed by atoms with Gasteiger partial charge in [0, 0.05) is 10.9 Å². The average molecular weight is 255 g/mol. The van der Waals surface area contributed by atoms with Crippen molar-refractivity contribution >= 4 is 15.9 Å². The molecule has 1 unspecified atom stereocenters. The van der Waals surface area contributed by atoms with Crippen molar-refractivity contribution in [1.29, 1.82) is 0 Å². The molecule has 1 aliphatic carbocycles. The van der Waals surface area contributed by atoms with Crippen LogP contribution in [0.2, 0.25) is 0 Å². The molecule has 0 radical (unpaired) electrons. The molecule has 0 spiro atoms. The van der Waals surface area contributed by atoms with Gasteiger partial charge in [0.2, 0.25) is 0 Å². The van der Waals surface area contributed by atoms with E-state index in [1.807, 2.05) is 0 Å². The first-order chi connectivity index (χ1) is 6.63. The summed E-state index contributed by atoms with van der Waals surface area (Å²) in [4.78, 5) is 0. The van der Waals surface area contributed by atoms with E-state index in [4.69, 9.17) is 0 Å². The molecule has 1 aromatic carbocycles. The van der Waals surface area contributed by atoms with Gasteiger partial charge in [-0.1, -0.05) is 28.9 Å². The van der Waals surface area contributed by atoms with Crippen molar-refractivity contribution in [3.05, 3.63) is 33.8 Å². The normalized spacial score (nSPS) is 25.9. The van der Waals surface area contributed by atoms with Gasteiger partial charge < -0.3 is 5.11 Å². The predicted molar refractivity (Wildman–Crippen MR) is 61.4 cm³/mol.